The lowest BCUT2D eigenvalue weighted by atomic mass is 9.73. The van der Waals surface area contributed by atoms with Crippen molar-refractivity contribution < 1.29 is 19.7 Å². The van der Waals surface area contributed by atoms with E-state index in [1.54, 1.807) is 0 Å². The first-order valence-electron chi connectivity index (χ1n) is 10.7. The van der Waals surface area contributed by atoms with Gasteiger partial charge in [-0.15, -0.1) is 0 Å². The molecule has 150 valence electrons. The van der Waals surface area contributed by atoms with Crippen molar-refractivity contribution in [2.45, 2.75) is 77.2 Å². The van der Waals surface area contributed by atoms with Gasteiger partial charge in [0.1, 0.15) is 5.75 Å². The van der Waals surface area contributed by atoms with Crippen molar-refractivity contribution in [3.05, 3.63) is 29.3 Å². The minimum atomic E-state index is -0.931. The summed E-state index contributed by atoms with van der Waals surface area (Å²) in [6.07, 6.45) is 11.0. The van der Waals surface area contributed by atoms with Crippen LogP contribution in [0.4, 0.5) is 0 Å². The normalized spacial score (nSPS) is 24.9. The average molecular weight is 375 g/mol. The Morgan fingerprint density at radius 2 is 2.07 bits per heavy atom. The van der Waals surface area contributed by atoms with Crippen LogP contribution in [0.2, 0.25) is 0 Å². The lowest BCUT2D eigenvalue weighted by Crippen LogP contribution is -2.26. The van der Waals surface area contributed by atoms with Crippen LogP contribution in [-0.2, 0) is 17.6 Å². The SMILES string of the molecule is CCCCCC(O)CCC1CCC2Cc3c(cccc3OCC(=O)O)CC12. The molecule has 0 heterocycles. The first-order chi connectivity index (χ1) is 13.1. The van der Waals surface area contributed by atoms with Crippen LogP contribution >= 0.6 is 0 Å². The molecule has 1 aromatic carbocycles. The number of carbonyl (C=O) groups is 1. The highest BCUT2D eigenvalue weighted by molar-refractivity contribution is 5.68. The molecule has 0 spiro atoms. The van der Waals surface area contributed by atoms with Crippen molar-refractivity contribution in [3.63, 3.8) is 0 Å². The Morgan fingerprint density at radius 3 is 2.85 bits per heavy atom. The van der Waals surface area contributed by atoms with Crippen molar-refractivity contribution in [3.8, 4) is 5.75 Å². The van der Waals surface area contributed by atoms with Crippen LogP contribution in [0, 0.1) is 17.8 Å². The smallest absolute Gasteiger partial charge is 0.341 e. The molecule has 1 fully saturated rings. The first kappa shape index (κ1) is 20.2. The van der Waals surface area contributed by atoms with Crippen LogP contribution in [-0.4, -0.2) is 28.9 Å². The standard InChI is InChI=1S/C23H34O4/c1-2-3-4-7-19(24)12-11-16-9-10-18-14-21-17(13-20(16)18)6-5-8-22(21)27-15-23(25)26/h5-6,8,16,18-20,24H,2-4,7,9-15H2,1H3,(H,25,26). The zero-order valence-electron chi connectivity index (χ0n) is 16.5. The summed E-state index contributed by atoms with van der Waals surface area (Å²) in [6.45, 7) is 1.92. The summed E-state index contributed by atoms with van der Waals surface area (Å²) in [5, 5.41) is 19.2. The number of unbranched alkanes of at least 4 members (excludes halogenated alkanes) is 2. The molecule has 0 radical (unpaired) electrons. The number of ether oxygens (including phenoxy) is 1. The number of carboxylic acids is 1. The predicted molar refractivity (Wildman–Crippen MR) is 106 cm³/mol. The monoisotopic (exact) mass is 374 g/mol. The van der Waals surface area contributed by atoms with E-state index in [-0.39, 0.29) is 12.7 Å². The van der Waals surface area contributed by atoms with E-state index in [0.29, 0.717) is 17.8 Å². The third-order valence-corrected chi connectivity index (χ3v) is 6.63. The molecule has 4 nitrogen and oxygen atoms in total. The number of carboxylic acid groups (broad SMARTS) is 1. The second-order valence-electron chi connectivity index (χ2n) is 8.47. The van der Waals surface area contributed by atoms with E-state index in [2.05, 4.69) is 13.0 Å². The summed E-state index contributed by atoms with van der Waals surface area (Å²) in [6, 6.07) is 6.06. The second-order valence-corrected chi connectivity index (χ2v) is 8.47. The van der Waals surface area contributed by atoms with Crippen molar-refractivity contribution in [1.82, 2.24) is 0 Å². The maximum absolute atomic E-state index is 10.8. The molecule has 2 N–H and O–H groups in total. The Morgan fingerprint density at radius 1 is 1.22 bits per heavy atom. The molecule has 4 unspecified atom stereocenters. The molecule has 0 aliphatic heterocycles. The number of aliphatic carboxylic acids is 1. The molecule has 3 rings (SSSR count). The van der Waals surface area contributed by atoms with Crippen LogP contribution < -0.4 is 4.74 Å². The molecule has 2 aliphatic rings. The first-order valence-corrected chi connectivity index (χ1v) is 10.7. The molecule has 4 atom stereocenters. The van der Waals surface area contributed by atoms with E-state index in [1.165, 1.54) is 36.8 Å². The van der Waals surface area contributed by atoms with E-state index >= 15 is 0 Å². The summed E-state index contributed by atoms with van der Waals surface area (Å²) >= 11 is 0. The Labute approximate surface area is 162 Å². The molecule has 0 amide bonds. The molecule has 1 aromatic rings. The van der Waals surface area contributed by atoms with Crippen LogP contribution in [0.15, 0.2) is 18.2 Å². The zero-order chi connectivity index (χ0) is 19.2. The van der Waals surface area contributed by atoms with Gasteiger partial charge in [0.05, 0.1) is 6.10 Å². The van der Waals surface area contributed by atoms with Crippen LogP contribution in [0.25, 0.3) is 0 Å². The third kappa shape index (κ3) is 5.25. The summed E-state index contributed by atoms with van der Waals surface area (Å²) < 4.78 is 5.53. The van der Waals surface area contributed by atoms with Crippen molar-refractivity contribution >= 4 is 5.97 Å². The molecule has 2 aliphatic carbocycles. The van der Waals surface area contributed by atoms with E-state index < -0.39 is 5.97 Å². The largest absolute Gasteiger partial charge is 0.482 e. The van der Waals surface area contributed by atoms with E-state index in [4.69, 9.17) is 9.84 Å². The Balaban J connectivity index is 1.57. The van der Waals surface area contributed by atoms with Crippen molar-refractivity contribution in [2.75, 3.05) is 6.61 Å². The van der Waals surface area contributed by atoms with Crippen LogP contribution in [0.3, 0.4) is 0 Å². The summed E-state index contributed by atoms with van der Waals surface area (Å²) in [7, 11) is 0. The molecule has 4 heteroatoms. The molecule has 1 saturated carbocycles. The summed E-state index contributed by atoms with van der Waals surface area (Å²) in [5.74, 6) is 1.92. The van der Waals surface area contributed by atoms with Gasteiger partial charge in [0.25, 0.3) is 0 Å². The third-order valence-electron chi connectivity index (χ3n) is 6.63. The maximum atomic E-state index is 10.8. The number of hydrogen-bond acceptors (Lipinski definition) is 3. The van der Waals surface area contributed by atoms with Gasteiger partial charge in [0, 0.05) is 0 Å². The quantitative estimate of drug-likeness (QED) is 0.587. The van der Waals surface area contributed by atoms with E-state index in [9.17, 15) is 9.90 Å². The molecule has 0 bridgehead atoms. The van der Waals surface area contributed by atoms with Crippen molar-refractivity contribution in [2.24, 2.45) is 17.8 Å². The number of aliphatic hydroxyl groups excluding tert-OH is 1. The van der Waals surface area contributed by atoms with Gasteiger partial charge in [-0.3, -0.25) is 0 Å². The Bertz CT molecular complexity index is 627. The van der Waals surface area contributed by atoms with E-state index in [0.717, 1.165) is 44.3 Å². The van der Waals surface area contributed by atoms with Gasteiger partial charge < -0.3 is 14.9 Å². The van der Waals surface area contributed by atoms with Gasteiger partial charge in [-0.05, 0) is 79.9 Å². The number of rotatable bonds is 10. The van der Waals surface area contributed by atoms with Gasteiger partial charge in [-0.25, -0.2) is 4.79 Å². The number of aliphatic hydroxyl groups is 1. The lowest BCUT2D eigenvalue weighted by Gasteiger charge is -2.32. The zero-order valence-corrected chi connectivity index (χ0v) is 16.5. The fraction of sp³-hybridized carbons (Fsp3) is 0.696. The van der Waals surface area contributed by atoms with Gasteiger partial charge in [-0.2, -0.15) is 0 Å². The van der Waals surface area contributed by atoms with Gasteiger partial charge >= 0.3 is 5.97 Å². The lowest BCUT2D eigenvalue weighted by molar-refractivity contribution is -0.139. The van der Waals surface area contributed by atoms with Crippen LogP contribution in [0.1, 0.15) is 69.4 Å². The number of hydrogen-bond donors (Lipinski definition) is 2. The second kappa shape index (κ2) is 9.59. The number of benzene rings is 1. The molecule has 27 heavy (non-hydrogen) atoms. The molecular formula is C23H34O4. The highest BCUT2D eigenvalue weighted by Crippen LogP contribution is 2.48. The van der Waals surface area contributed by atoms with E-state index in [1.807, 2.05) is 12.1 Å². The Hall–Kier alpha value is -1.55. The molecule has 0 saturated heterocycles. The summed E-state index contributed by atoms with van der Waals surface area (Å²) in [4.78, 5) is 10.8. The topological polar surface area (TPSA) is 66.8 Å². The van der Waals surface area contributed by atoms with Crippen molar-refractivity contribution in [1.29, 1.82) is 0 Å². The number of fused-ring (bicyclic) bond motifs is 2. The highest BCUT2D eigenvalue weighted by Gasteiger charge is 2.39. The van der Waals surface area contributed by atoms with Gasteiger partial charge in [-0.1, -0.05) is 38.3 Å². The fourth-order valence-electron chi connectivity index (χ4n) is 5.19. The molecular weight excluding hydrogens is 340 g/mol. The minimum Gasteiger partial charge on any atom is -0.482 e. The predicted octanol–water partition coefficient (Wildman–Crippen LogP) is 4.61. The maximum Gasteiger partial charge on any atom is 0.341 e. The van der Waals surface area contributed by atoms with Gasteiger partial charge in [0.2, 0.25) is 0 Å². The fourth-order valence-corrected chi connectivity index (χ4v) is 5.19. The molecule has 0 aromatic heterocycles. The minimum absolute atomic E-state index is 0.137. The highest BCUT2D eigenvalue weighted by atomic mass is 16.5. The van der Waals surface area contributed by atoms with Gasteiger partial charge in [0.15, 0.2) is 6.61 Å². The van der Waals surface area contributed by atoms with Crippen LogP contribution in [0.5, 0.6) is 5.75 Å². The summed E-state index contributed by atoms with van der Waals surface area (Å²) in [5.41, 5.74) is 2.55. The Kier molecular flexibility index (Phi) is 7.17. The average Bonchev–Trinajstić information content (AvgIpc) is 3.05.